The Labute approximate surface area is 107 Å². The molecule has 0 aliphatic carbocycles. The number of benzene rings is 1. The number of rotatable bonds is 2. The maximum absolute atomic E-state index is 11.0. The lowest BCUT2D eigenvalue weighted by Crippen LogP contribution is -2.03. The maximum Gasteiger partial charge on any atom is 0.337 e. The molecule has 2 rings (SSSR count). The van der Waals surface area contributed by atoms with Crippen molar-refractivity contribution in [3.05, 3.63) is 40.2 Å². The van der Waals surface area contributed by atoms with E-state index >= 15 is 0 Å². The van der Waals surface area contributed by atoms with Crippen molar-refractivity contribution in [1.29, 1.82) is 5.26 Å². The number of hydrogen-bond acceptors (Lipinski definition) is 4. The van der Waals surface area contributed by atoms with Gasteiger partial charge < -0.3 is 5.11 Å². The normalized spacial score (nSPS) is 10.1. The fourth-order valence-corrected chi connectivity index (χ4v) is 1.69. The number of carboxylic acids is 1. The van der Waals surface area contributed by atoms with Crippen molar-refractivity contribution in [1.82, 2.24) is 15.0 Å². The van der Waals surface area contributed by atoms with Gasteiger partial charge in [-0.2, -0.15) is 5.26 Å². The average molecular weight is 263 g/mol. The number of aromatic nitrogens is 3. The molecule has 0 spiro atoms. The monoisotopic (exact) mass is 262 g/mol. The number of nitriles is 1. The van der Waals surface area contributed by atoms with Crippen LogP contribution in [-0.4, -0.2) is 26.1 Å². The molecule has 1 N–H and O–H groups in total. The highest BCUT2D eigenvalue weighted by Gasteiger charge is 2.13. The molecule has 0 saturated carbocycles. The number of carboxylic acid groups (broad SMARTS) is 1. The first-order valence-corrected chi connectivity index (χ1v) is 5.28. The molecule has 0 aliphatic rings. The molecule has 0 aliphatic heterocycles. The molecule has 1 heterocycles. The Hall–Kier alpha value is -2.39. The third kappa shape index (κ3) is 1.92. The van der Waals surface area contributed by atoms with Gasteiger partial charge in [0.05, 0.1) is 22.0 Å². The second-order valence-electron chi connectivity index (χ2n) is 3.52. The van der Waals surface area contributed by atoms with E-state index in [4.69, 9.17) is 22.0 Å². The van der Waals surface area contributed by atoms with Crippen molar-refractivity contribution in [3.8, 4) is 11.8 Å². The topological polar surface area (TPSA) is 91.8 Å². The first kappa shape index (κ1) is 12.1. The zero-order chi connectivity index (χ0) is 13.3. The fraction of sp³-hybridized carbons (Fsp3) is 0.0909. The van der Waals surface area contributed by atoms with Crippen molar-refractivity contribution in [2.45, 2.75) is 6.92 Å². The Balaban J connectivity index is 2.58. The minimum atomic E-state index is -1.12. The van der Waals surface area contributed by atoms with Crippen molar-refractivity contribution < 1.29 is 9.90 Å². The number of carbonyl (C=O) groups is 1. The molecular weight excluding hydrogens is 256 g/mol. The van der Waals surface area contributed by atoms with Gasteiger partial charge in [0.15, 0.2) is 5.69 Å². The van der Waals surface area contributed by atoms with Gasteiger partial charge >= 0.3 is 5.97 Å². The van der Waals surface area contributed by atoms with E-state index in [1.807, 2.05) is 6.07 Å². The van der Waals surface area contributed by atoms with E-state index in [2.05, 4.69) is 10.3 Å². The summed E-state index contributed by atoms with van der Waals surface area (Å²) in [5, 5.41) is 25.4. The van der Waals surface area contributed by atoms with Crippen LogP contribution in [0.25, 0.3) is 5.69 Å². The van der Waals surface area contributed by atoms with E-state index in [1.165, 1.54) is 16.8 Å². The molecule has 1 aromatic carbocycles. The molecule has 0 amide bonds. The summed E-state index contributed by atoms with van der Waals surface area (Å²) >= 11 is 5.77. The average Bonchev–Trinajstić information content (AvgIpc) is 2.71. The van der Waals surface area contributed by atoms with Crippen molar-refractivity contribution in [3.63, 3.8) is 0 Å². The molecule has 90 valence electrons. The molecule has 0 unspecified atom stereocenters. The van der Waals surface area contributed by atoms with Crippen LogP contribution in [0, 0.1) is 18.3 Å². The Morgan fingerprint density at radius 1 is 1.56 bits per heavy atom. The molecule has 7 heteroatoms. The Bertz CT molecular complexity index is 672. The summed E-state index contributed by atoms with van der Waals surface area (Å²) in [5.74, 6) is -1.12. The van der Waals surface area contributed by atoms with E-state index in [9.17, 15) is 4.79 Å². The van der Waals surface area contributed by atoms with Gasteiger partial charge in [-0.15, -0.1) is 5.10 Å². The molecule has 18 heavy (non-hydrogen) atoms. The summed E-state index contributed by atoms with van der Waals surface area (Å²) in [4.78, 5) is 11.0. The molecule has 0 bridgehead atoms. The molecular formula is C11H7ClN4O2. The summed E-state index contributed by atoms with van der Waals surface area (Å²) in [6.07, 6.45) is 0. The molecule has 6 nitrogen and oxygen atoms in total. The minimum absolute atomic E-state index is 0.0254. The summed E-state index contributed by atoms with van der Waals surface area (Å²) in [7, 11) is 0. The summed E-state index contributed by atoms with van der Waals surface area (Å²) in [6, 6.07) is 6.35. The standard InChI is InChI=1S/C11H7ClN4O2/c1-6-10(5-13)14-15-16(6)7-2-3-9(12)8(4-7)11(17)18/h2-4H,1H3,(H,17,18). The molecule has 1 aromatic heterocycles. The predicted octanol–water partition coefficient (Wildman–Crippen LogP) is 1.80. The smallest absolute Gasteiger partial charge is 0.337 e. The Morgan fingerprint density at radius 2 is 2.28 bits per heavy atom. The number of aromatic carboxylic acids is 1. The lowest BCUT2D eigenvalue weighted by Gasteiger charge is -2.05. The predicted molar refractivity (Wildman–Crippen MR) is 62.8 cm³/mol. The molecule has 2 aromatic rings. The maximum atomic E-state index is 11.0. The zero-order valence-electron chi connectivity index (χ0n) is 9.25. The van der Waals surface area contributed by atoms with Gasteiger partial charge in [0.25, 0.3) is 0 Å². The molecule has 0 saturated heterocycles. The molecule has 0 radical (unpaired) electrons. The highest BCUT2D eigenvalue weighted by atomic mass is 35.5. The van der Waals surface area contributed by atoms with Crippen LogP contribution in [0.3, 0.4) is 0 Å². The van der Waals surface area contributed by atoms with Gasteiger partial charge in [0.1, 0.15) is 6.07 Å². The zero-order valence-corrected chi connectivity index (χ0v) is 10.0. The van der Waals surface area contributed by atoms with Crippen molar-refractivity contribution in [2.24, 2.45) is 0 Å². The Kier molecular flexibility index (Phi) is 3.00. The van der Waals surface area contributed by atoms with E-state index < -0.39 is 5.97 Å². The van der Waals surface area contributed by atoms with E-state index in [-0.39, 0.29) is 16.3 Å². The third-order valence-corrected chi connectivity index (χ3v) is 2.75. The van der Waals surface area contributed by atoms with Gasteiger partial charge in [0.2, 0.25) is 0 Å². The summed E-state index contributed by atoms with van der Waals surface area (Å²) in [6.45, 7) is 1.67. The van der Waals surface area contributed by atoms with Crippen LogP contribution in [0.5, 0.6) is 0 Å². The largest absolute Gasteiger partial charge is 0.478 e. The Morgan fingerprint density at radius 3 is 2.83 bits per heavy atom. The molecule has 0 atom stereocenters. The summed E-state index contributed by atoms with van der Waals surface area (Å²) < 4.78 is 1.39. The number of hydrogen-bond donors (Lipinski definition) is 1. The lowest BCUT2D eigenvalue weighted by molar-refractivity contribution is 0.0697. The van der Waals surface area contributed by atoms with Crippen LogP contribution >= 0.6 is 11.6 Å². The highest BCUT2D eigenvalue weighted by molar-refractivity contribution is 6.33. The first-order valence-electron chi connectivity index (χ1n) is 4.90. The quantitative estimate of drug-likeness (QED) is 0.891. The second-order valence-corrected chi connectivity index (χ2v) is 3.92. The van der Waals surface area contributed by atoms with Crippen molar-refractivity contribution in [2.75, 3.05) is 0 Å². The van der Waals surface area contributed by atoms with Crippen LogP contribution in [0.2, 0.25) is 5.02 Å². The lowest BCUT2D eigenvalue weighted by atomic mass is 10.2. The van der Waals surface area contributed by atoms with Crippen LogP contribution in [0.4, 0.5) is 0 Å². The van der Waals surface area contributed by atoms with Gasteiger partial charge in [-0.05, 0) is 25.1 Å². The second kappa shape index (κ2) is 4.47. The van der Waals surface area contributed by atoms with Crippen molar-refractivity contribution >= 4 is 17.6 Å². The van der Waals surface area contributed by atoms with Gasteiger partial charge in [-0.1, -0.05) is 16.8 Å². The van der Waals surface area contributed by atoms with Gasteiger partial charge in [-0.25, -0.2) is 9.48 Å². The van der Waals surface area contributed by atoms with E-state index in [0.29, 0.717) is 11.4 Å². The van der Waals surface area contributed by atoms with Gasteiger partial charge in [0, 0.05) is 0 Å². The first-order chi connectivity index (χ1) is 8.54. The van der Waals surface area contributed by atoms with Crippen LogP contribution in [-0.2, 0) is 0 Å². The SMILES string of the molecule is Cc1c(C#N)nnn1-c1ccc(Cl)c(C(=O)O)c1. The van der Waals surface area contributed by atoms with Gasteiger partial charge in [-0.3, -0.25) is 0 Å². The van der Waals surface area contributed by atoms with Crippen LogP contribution < -0.4 is 0 Å². The van der Waals surface area contributed by atoms with E-state index in [1.54, 1.807) is 13.0 Å². The molecule has 0 fully saturated rings. The van der Waals surface area contributed by atoms with E-state index in [0.717, 1.165) is 0 Å². The fourth-order valence-electron chi connectivity index (χ4n) is 1.49. The van der Waals surface area contributed by atoms with Crippen LogP contribution in [0.1, 0.15) is 21.7 Å². The highest BCUT2D eigenvalue weighted by Crippen LogP contribution is 2.20. The number of nitrogens with zero attached hydrogens (tertiary/aromatic N) is 4. The summed E-state index contributed by atoms with van der Waals surface area (Å²) in [5.41, 5.74) is 1.20. The number of halogens is 1. The minimum Gasteiger partial charge on any atom is -0.478 e. The third-order valence-electron chi connectivity index (χ3n) is 2.43. The van der Waals surface area contributed by atoms with Crippen LogP contribution in [0.15, 0.2) is 18.2 Å².